The number of aromatic nitrogens is 1. The second kappa shape index (κ2) is 6.04. The van der Waals surface area contributed by atoms with E-state index in [2.05, 4.69) is 10.3 Å². The zero-order valence-electron chi connectivity index (χ0n) is 11.3. The predicted octanol–water partition coefficient (Wildman–Crippen LogP) is 1.98. The minimum absolute atomic E-state index is 0.0644. The monoisotopic (exact) mass is 286 g/mol. The number of nitrogens with one attached hydrogen (secondary N) is 1. The van der Waals surface area contributed by atoms with E-state index in [4.69, 9.17) is 5.11 Å². The van der Waals surface area contributed by atoms with E-state index in [0.717, 1.165) is 0 Å². The van der Waals surface area contributed by atoms with Crippen LogP contribution in [-0.4, -0.2) is 27.1 Å². The maximum Gasteiger partial charge on any atom is 0.309 e. The number of phenolic OH excluding ortho intramolecular Hbond substituents is 1. The number of amides is 1. The number of phenols is 1. The van der Waals surface area contributed by atoms with Crippen LogP contribution in [0, 0.1) is 6.92 Å². The van der Waals surface area contributed by atoms with Crippen molar-refractivity contribution in [2.75, 3.05) is 5.32 Å². The standard InChI is InChI=1S/C15H14N2O4/c1-9-3-2-4-12(14(9)20)15(21)17-11-6-5-10(16-8-11)7-13(18)19/h2-6,8,20H,7H2,1H3,(H,17,21)(H,18,19). The number of carbonyl (C=O) groups is 2. The number of carbonyl (C=O) groups excluding carboxylic acids is 1. The first-order valence-electron chi connectivity index (χ1n) is 6.24. The summed E-state index contributed by atoms with van der Waals surface area (Å²) in [6.07, 6.45) is 1.20. The molecular weight excluding hydrogens is 272 g/mol. The van der Waals surface area contributed by atoms with E-state index >= 15 is 0 Å². The van der Waals surface area contributed by atoms with Gasteiger partial charge in [-0.1, -0.05) is 12.1 Å². The van der Waals surface area contributed by atoms with Gasteiger partial charge in [0.25, 0.3) is 5.91 Å². The third-order valence-electron chi connectivity index (χ3n) is 2.90. The molecule has 108 valence electrons. The highest BCUT2D eigenvalue weighted by Crippen LogP contribution is 2.22. The molecular formula is C15H14N2O4. The first-order chi connectivity index (χ1) is 9.97. The van der Waals surface area contributed by atoms with Crippen molar-refractivity contribution in [3.63, 3.8) is 0 Å². The number of carboxylic acid groups (broad SMARTS) is 1. The summed E-state index contributed by atoms with van der Waals surface area (Å²) in [6.45, 7) is 1.70. The lowest BCUT2D eigenvalue weighted by Gasteiger charge is -2.08. The smallest absolute Gasteiger partial charge is 0.309 e. The second-order valence-electron chi connectivity index (χ2n) is 4.53. The molecule has 2 rings (SSSR count). The van der Waals surface area contributed by atoms with Gasteiger partial charge in [-0.25, -0.2) is 0 Å². The fourth-order valence-corrected chi connectivity index (χ4v) is 1.80. The van der Waals surface area contributed by atoms with Crippen LogP contribution in [0.5, 0.6) is 5.75 Å². The van der Waals surface area contributed by atoms with Crippen molar-refractivity contribution in [2.24, 2.45) is 0 Å². The van der Waals surface area contributed by atoms with Crippen molar-refractivity contribution in [3.8, 4) is 5.75 Å². The summed E-state index contributed by atoms with van der Waals surface area (Å²) in [5, 5.41) is 21.1. The quantitative estimate of drug-likeness (QED) is 0.798. The maximum atomic E-state index is 12.1. The first-order valence-corrected chi connectivity index (χ1v) is 6.24. The molecule has 2 aromatic rings. The van der Waals surface area contributed by atoms with Gasteiger partial charge in [-0.15, -0.1) is 0 Å². The zero-order valence-corrected chi connectivity index (χ0v) is 11.3. The largest absolute Gasteiger partial charge is 0.507 e. The first kappa shape index (κ1) is 14.5. The van der Waals surface area contributed by atoms with Crippen LogP contribution < -0.4 is 5.32 Å². The summed E-state index contributed by atoms with van der Waals surface area (Å²) in [6, 6.07) is 7.99. The molecule has 0 saturated carbocycles. The second-order valence-corrected chi connectivity index (χ2v) is 4.53. The van der Waals surface area contributed by atoms with Crippen molar-refractivity contribution >= 4 is 17.6 Å². The number of pyridine rings is 1. The van der Waals surface area contributed by atoms with Gasteiger partial charge in [0.2, 0.25) is 0 Å². The lowest BCUT2D eigenvalue weighted by atomic mass is 10.1. The van der Waals surface area contributed by atoms with Crippen molar-refractivity contribution in [1.82, 2.24) is 4.98 Å². The average Bonchev–Trinajstić information content (AvgIpc) is 2.43. The molecule has 21 heavy (non-hydrogen) atoms. The van der Waals surface area contributed by atoms with Gasteiger partial charge in [0.1, 0.15) is 5.75 Å². The van der Waals surface area contributed by atoms with E-state index in [0.29, 0.717) is 16.9 Å². The van der Waals surface area contributed by atoms with Crippen molar-refractivity contribution < 1.29 is 19.8 Å². The van der Waals surface area contributed by atoms with E-state index in [-0.39, 0.29) is 17.7 Å². The van der Waals surface area contributed by atoms with Gasteiger partial charge in [0, 0.05) is 0 Å². The lowest BCUT2D eigenvalue weighted by Crippen LogP contribution is -2.13. The van der Waals surface area contributed by atoms with E-state index in [1.54, 1.807) is 25.1 Å². The molecule has 0 spiro atoms. The van der Waals surface area contributed by atoms with Crippen LogP contribution in [0.3, 0.4) is 0 Å². The number of hydrogen-bond donors (Lipinski definition) is 3. The van der Waals surface area contributed by atoms with Gasteiger partial charge in [0.05, 0.1) is 29.6 Å². The zero-order chi connectivity index (χ0) is 15.4. The Hall–Kier alpha value is -2.89. The number of hydrogen-bond acceptors (Lipinski definition) is 4. The summed E-state index contributed by atoms with van der Waals surface area (Å²) in [5.74, 6) is -1.49. The fraction of sp³-hybridized carbons (Fsp3) is 0.133. The molecule has 0 aliphatic rings. The summed E-state index contributed by atoms with van der Waals surface area (Å²) >= 11 is 0. The Balaban J connectivity index is 2.12. The Labute approximate surface area is 121 Å². The molecule has 6 heteroatoms. The van der Waals surface area contributed by atoms with E-state index < -0.39 is 11.9 Å². The highest BCUT2D eigenvalue weighted by Gasteiger charge is 2.12. The summed E-state index contributed by atoms with van der Waals surface area (Å²) in [4.78, 5) is 26.6. The number of rotatable bonds is 4. The van der Waals surface area contributed by atoms with Gasteiger partial charge >= 0.3 is 5.97 Å². The van der Waals surface area contributed by atoms with E-state index in [9.17, 15) is 14.7 Å². The molecule has 0 radical (unpaired) electrons. The Kier molecular flexibility index (Phi) is 4.18. The minimum Gasteiger partial charge on any atom is -0.507 e. The van der Waals surface area contributed by atoms with Crippen LogP contribution in [0.4, 0.5) is 5.69 Å². The Morgan fingerprint density at radius 1 is 1.24 bits per heavy atom. The highest BCUT2D eigenvalue weighted by atomic mass is 16.4. The summed E-state index contributed by atoms with van der Waals surface area (Å²) < 4.78 is 0. The van der Waals surface area contributed by atoms with Crippen LogP contribution >= 0.6 is 0 Å². The van der Waals surface area contributed by atoms with Gasteiger partial charge in [-0.3, -0.25) is 14.6 Å². The van der Waals surface area contributed by atoms with Crippen molar-refractivity contribution in [2.45, 2.75) is 13.3 Å². The van der Waals surface area contributed by atoms with E-state index in [1.165, 1.54) is 18.3 Å². The number of aryl methyl sites for hydroxylation is 1. The number of para-hydroxylation sites is 1. The number of anilines is 1. The molecule has 1 heterocycles. The number of nitrogens with zero attached hydrogens (tertiary/aromatic N) is 1. The summed E-state index contributed by atoms with van der Waals surface area (Å²) in [5.41, 5.74) is 1.61. The van der Waals surface area contributed by atoms with Gasteiger partial charge in [-0.05, 0) is 30.7 Å². The van der Waals surface area contributed by atoms with Gasteiger partial charge in [0.15, 0.2) is 0 Å². The maximum absolute atomic E-state index is 12.1. The molecule has 0 saturated heterocycles. The van der Waals surface area contributed by atoms with Crippen LogP contribution in [0.15, 0.2) is 36.5 Å². The SMILES string of the molecule is Cc1cccc(C(=O)Nc2ccc(CC(=O)O)nc2)c1O. The minimum atomic E-state index is -0.969. The Morgan fingerprint density at radius 2 is 2.00 bits per heavy atom. The number of aromatic hydroxyl groups is 1. The molecule has 3 N–H and O–H groups in total. The Morgan fingerprint density at radius 3 is 2.62 bits per heavy atom. The normalized spacial score (nSPS) is 10.1. The molecule has 0 bridgehead atoms. The molecule has 0 aliphatic carbocycles. The molecule has 1 aromatic carbocycles. The Bertz CT molecular complexity index is 681. The fourth-order valence-electron chi connectivity index (χ4n) is 1.80. The van der Waals surface area contributed by atoms with Crippen LogP contribution in [0.1, 0.15) is 21.6 Å². The van der Waals surface area contributed by atoms with Crippen LogP contribution in [0.25, 0.3) is 0 Å². The molecule has 0 atom stereocenters. The molecule has 0 unspecified atom stereocenters. The van der Waals surface area contributed by atoms with Gasteiger partial charge in [-0.2, -0.15) is 0 Å². The van der Waals surface area contributed by atoms with Crippen LogP contribution in [-0.2, 0) is 11.2 Å². The number of benzene rings is 1. The summed E-state index contributed by atoms with van der Waals surface area (Å²) in [7, 11) is 0. The average molecular weight is 286 g/mol. The predicted molar refractivity (Wildman–Crippen MR) is 76.4 cm³/mol. The number of aliphatic carboxylic acids is 1. The molecule has 1 aromatic heterocycles. The van der Waals surface area contributed by atoms with Crippen molar-refractivity contribution in [3.05, 3.63) is 53.3 Å². The molecule has 1 amide bonds. The van der Waals surface area contributed by atoms with Gasteiger partial charge < -0.3 is 15.5 Å². The van der Waals surface area contributed by atoms with Crippen molar-refractivity contribution in [1.29, 1.82) is 0 Å². The molecule has 0 fully saturated rings. The molecule has 6 nitrogen and oxygen atoms in total. The number of carboxylic acids is 1. The third-order valence-corrected chi connectivity index (χ3v) is 2.90. The topological polar surface area (TPSA) is 99.5 Å². The lowest BCUT2D eigenvalue weighted by molar-refractivity contribution is -0.136. The van der Waals surface area contributed by atoms with E-state index in [1.807, 2.05) is 0 Å². The van der Waals surface area contributed by atoms with Crippen LogP contribution in [0.2, 0.25) is 0 Å². The molecule has 0 aliphatic heterocycles. The third kappa shape index (κ3) is 3.56. The highest BCUT2D eigenvalue weighted by molar-refractivity contribution is 6.06.